The molecule has 0 bridgehead atoms. The number of fused-ring (bicyclic) bond motifs is 3. The van der Waals surface area contributed by atoms with Gasteiger partial charge in [0.1, 0.15) is 0 Å². The molecule has 0 radical (unpaired) electrons. The van der Waals surface area contributed by atoms with E-state index in [9.17, 15) is 4.79 Å². The van der Waals surface area contributed by atoms with E-state index >= 15 is 0 Å². The Bertz CT molecular complexity index is 779. The second kappa shape index (κ2) is 7.70. The zero-order valence-corrected chi connectivity index (χ0v) is 16.9. The van der Waals surface area contributed by atoms with Gasteiger partial charge in [0.15, 0.2) is 0 Å². The van der Waals surface area contributed by atoms with Crippen LogP contribution in [0.25, 0.3) is 0 Å². The molecule has 2 heteroatoms. The van der Waals surface area contributed by atoms with Crippen LogP contribution in [0.1, 0.15) is 98.2 Å². The molecule has 0 aromatic heterocycles. The van der Waals surface area contributed by atoms with E-state index in [4.69, 9.17) is 5.73 Å². The van der Waals surface area contributed by atoms with E-state index in [1.807, 2.05) is 6.92 Å². The normalized spacial score (nSPS) is 30.6. The summed E-state index contributed by atoms with van der Waals surface area (Å²) < 4.78 is 0. The van der Waals surface area contributed by atoms with Crippen molar-refractivity contribution in [3.05, 3.63) is 34.4 Å². The molecule has 0 spiro atoms. The minimum Gasteiger partial charge on any atom is -0.366 e. The minimum atomic E-state index is -0.350. The molecule has 2 nitrogen and oxygen atoms in total. The third kappa shape index (κ3) is 3.79. The lowest BCUT2D eigenvalue weighted by Gasteiger charge is -2.39. The number of rotatable bonds is 2. The van der Waals surface area contributed by atoms with E-state index < -0.39 is 0 Å². The van der Waals surface area contributed by atoms with Crippen LogP contribution < -0.4 is 5.73 Å². The van der Waals surface area contributed by atoms with Crippen molar-refractivity contribution in [2.75, 3.05) is 0 Å². The lowest BCUT2D eigenvalue weighted by molar-refractivity contribution is 0.1000. The first-order chi connectivity index (χ1) is 13.1. The molecule has 2 N–H and O–H groups in total. The minimum absolute atomic E-state index is 0.350. The van der Waals surface area contributed by atoms with Crippen LogP contribution in [0.15, 0.2) is 12.1 Å². The summed E-state index contributed by atoms with van der Waals surface area (Å²) in [5, 5.41) is 0. The fourth-order valence-corrected chi connectivity index (χ4v) is 5.93. The van der Waals surface area contributed by atoms with Gasteiger partial charge < -0.3 is 5.73 Å². The zero-order valence-electron chi connectivity index (χ0n) is 16.9. The average molecular weight is 364 g/mol. The van der Waals surface area contributed by atoms with Crippen molar-refractivity contribution in [3.8, 4) is 11.8 Å². The smallest absolute Gasteiger partial charge is 0.249 e. The predicted octanol–water partition coefficient (Wildman–Crippen LogP) is 5.43. The quantitative estimate of drug-likeness (QED) is 0.700. The van der Waals surface area contributed by atoms with Crippen LogP contribution in [0.4, 0.5) is 0 Å². The van der Waals surface area contributed by atoms with Crippen LogP contribution in [0.5, 0.6) is 0 Å². The summed E-state index contributed by atoms with van der Waals surface area (Å²) in [6, 6.07) is 4.29. The highest BCUT2D eigenvalue weighted by atomic mass is 16.1. The largest absolute Gasteiger partial charge is 0.366 e. The number of hydrogen-bond acceptors (Lipinski definition) is 1. The van der Waals surface area contributed by atoms with E-state index in [0.717, 1.165) is 35.7 Å². The molecule has 144 valence electrons. The number of aryl methyl sites for hydroxylation is 1. The van der Waals surface area contributed by atoms with Crippen molar-refractivity contribution in [2.45, 2.75) is 77.6 Å². The molecule has 3 aliphatic rings. The Labute approximate surface area is 164 Å². The molecule has 2 saturated carbocycles. The fraction of sp³-hybridized carbons (Fsp3) is 0.640. The van der Waals surface area contributed by atoms with Crippen molar-refractivity contribution < 1.29 is 4.79 Å². The second-order valence-corrected chi connectivity index (χ2v) is 9.26. The third-order valence-corrected chi connectivity index (χ3v) is 7.45. The maximum absolute atomic E-state index is 12.0. The van der Waals surface area contributed by atoms with Crippen LogP contribution in [-0.2, 0) is 6.42 Å². The number of benzene rings is 1. The highest BCUT2D eigenvalue weighted by molar-refractivity contribution is 5.96. The molecular formula is C25H33NO. The van der Waals surface area contributed by atoms with E-state index in [2.05, 4.69) is 30.9 Å². The van der Waals surface area contributed by atoms with Gasteiger partial charge in [-0.2, -0.15) is 0 Å². The van der Waals surface area contributed by atoms with E-state index in [1.165, 1.54) is 62.5 Å². The summed E-state index contributed by atoms with van der Waals surface area (Å²) in [5.74, 6) is 9.98. The molecule has 0 aliphatic heterocycles. The van der Waals surface area contributed by atoms with Crippen LogP contribution in [-0.4, -0.2) is 5.91 Å². The molecule has 4 atom stereocenters. The molecule has 1 aromatic rings. The number of amides is 1. The number of carbonyl (C=O) groups excluding carboxylic acids is 1. The third-order valence-electron chi connectivity index (χ3n) is 7.45. The Morgan fingerprint density at radius 2 is 1.85 bits per heavy atom. The second-order valence-electron chi connectivity index (χ2n) is 9.26. The van der Waals surface area contributed by atoms with E-state index in [0.29, 0.717) is 11.5 Å². The van der Waals surface area contributed by atoms with Crippen LogP contribution >= 0.6 is 0 Å². The Hall–Kier alpha value is -1.75. The highest BCUT2D eigenvalue weighted by Gasteiger charge is 2.42. The molecular weight excluding hydrogens is 330 g/mol. The van der Waals surface area contributed by atoms with Gasteiger partial charge in [-0.15, -0.1) is 5.92 Å². The molecule has 27 heavy (non-hydrogen) atoms. The molecule has 4 unspecified atom stereocenters. The van der Waals surface area contributed by atoms with Gasteiger partial charge in [-0.1, -0.05) is 32.1 Å². The molecule has 0 saturated heterocycles. The van der Waals surface area contributed by atoms with Crippen molar-refractivity contribution in [1.29, 1.82) is 0 Å². The Morgan fingerprint density at radius 1 is 1.04 bits per heavy atom. The van der Waals surface area contributed by atoms with Gasteiger partial charge >= 0.3 is 0 Å². The lowest BCUT2D eigenvalue weighted by atomic mass is 9.65. The Kier molecular flexibility index (Phi) is 5.31. The van der Waals surface area contributed by atoms with Crippen molar-refractivity contribution in [3.63, 3.8) is 0 Å². The van der Waals surface area contributed by atoms with Gasteiger partial charge in [0.25, 0.3) is 0 Å². The Morgan fingerprint density at radius 3 is 2.56 bits per heavy atom. The van der Waals surface area contributed by atoms with Gasteiger partial charge in [-0.25, -0.2) is 0 Å². The number of hydrogen-bond donors (Lipinski definition) is 1. The molecule has 0 heterocycles. The first-order valence-corrected chi connectivity index (χ1v) is 11.0. The van der Waals surface area contributed by atoms with Crippen LogP contribution in [0.2, 0.25) is 0 Å². The van der Waals surface area contributed by atoms with Gasteiger partial charge in [0.05, 0.1) is 5.56 Å². The standard InChI is InChI=1S/C25H33NO/c1-3-5-18-14-23-19(15-24(18)25(26)27)11-13-22-20(17-9-10-17)12-8-16(2)6-4-7-21(22)23/h14-17,20-22H,4,6-13H2,1-2H3,(H2,26,27). The molecule has 1 amide bonds. The van der Waals surface area contributed by atoms with Crippen LogP contribution in [0.3, 0.4) is 0 Å². The van der Waals surface area contributed by atoms with Gasteiger partial charge in [0, 0.05) is 5.56 Å². The maximum atomic E-state index is 12.0. The summed E-state index contributed by atoms with van der Waals surface area (Å²) >= 11 is 0. The first-order valence-electron chi connectivity index (χ1n) is 11.0. The van der Waals surface area contributed by atoms with Gasteiger partial charge in [-0.05, 0) is 98.3 Å². The lowest BCUT2D eigenvalue weighted by Crippen LogP contribution is -2.29. The predicted molar refractivity (Wildman–Crippen MR) is 111 cm³/mol. The van der Waals surface area contributed by atoms with Gasteiger partial charge in [0.2, 0.25) is 5.91 Å². The number of nitrogens with two attached hydrogens (primary N) is 1. The zero-order chi connectivity index (χ0) is 19.0. The van der Waals surface area contributed by atoms with Gasteiger partial charge in [-0.3, -0.25) is 4.79 Å². The van der Waals surface area contributed by atoms with Crippen molar-refractivity contribution in [1.82, 2.24) is 0 Å². The number of carbonyl (C=O) groups is 1. The molecule has 4 rings (SSSR count). The summed E-state index contributed by atoms with van der Waals surface area (Å²) in [6.07, 6.45) is 12.1. The van der Waals surface area contributed by atoms with Crippen molar-refractivity contribution in [2.24, 2.45) is 29.4 Å². The van der Waals surface area contributed by atoms with Crippen molar-refractivity contribution >= 4 is 5.91 Å². The molecule has 2 fully saturated rings. The highest BCUT2D eigenvalue weighted by Crippen LogP contribution is 2.53. The summed E-state index contributed by atoms with van der Waals surface area (Å²) in [4.78, 5) is 12.0. The monoisotopic (exact) mass is 363 g/mol. The van der Waals surface area contributed by atoms with E-state index in [1.54, 1.807) is 0 Å². The topological polar surface area (TPSA) is 43.1 Å². The van der Waals surface area contributed by atoms with Crippen LogP contribution in [0, 0.1) is 35.5 Å². The first kappa shape index (κ1) is 18.6. The molecule has 1 aromatic carbocycles. The molecule has 3 aliphatic carbocycles. The average Bonchev–Trinajstić information content (AvgIpc) is 3.46. The maximum Gasteiger partial charge on any atom is 0.249 e. The fourth-order valence-electron chi connectivity index (χ4n) is 5.93. The summed E-state index contributed by atoms with van der Waals surface area (Å²) in [5.41, 5.74) is 9.93. The summed E-state index contributed by atoms with van der Waals surface area (Å²) in [7, 11) is 0. The number of primary amides is 1. The van der Waals surface area contributed by atoms with E-state index in [-0.39, 0.29) is 5.91 Å². The Balaban J connectivity index is 1.75. The SMILES string of the molecule is CC#Cc1cc2c(cc1C(N)=O)CCC1C2CCCC(C)CCC1C1CC1. The summed E-state index contributed by atoms with van der Waals surface area (Å²) in [6.45, 7) is 4.28.